The molecular formula is C22H51NO7. The zero-order valence-corrected chi connectivity index (χ0v) is 18.6. The summed E-state index contributed by atoms with van der Waals surface area (Å²) in [6, 6.07) is 0. The molecule has 0 spiro atoms. The molecule has 0 rings (SSSR count). The lowest BCUT2D eigenvalue weighted by molar-refractivity contribution is -0.0169. The maximum atomic E-state index is 5.52. The van der Waals surface area contributed by atoms with Gasteiger partial charge in [-0.25, -0.2) is 0 Å². The summed E-state index contributed by atoms with van der Waals surface area (Å²) in [5.74, 6) is 0. The molecule has 0 aromatic heterocycles. The van der Waals surface area contributed by atoms with Crippen LogP contribution in [-0.4, -0.2) is 99.0 Å². The van der Waals surface area contributed by atoms with E-state index in [0.717, 1.165) is 65.1 Å². The minimum Gasteiger partial charge on any atom is -0.382 e. The summed E-state index contributed by atoms with van der Waals surface area (Å²) in [5, 5.41) is 0. The number of nitrogens with two attached hydrogens (primary N) is 1. The summed E-state index contributed by atoms with van der Waals surface area (Å²) in [7, 11) is 0. The molecule has 0 saturated heterocycles. The van der Waals surface area contributed by atoms with Gasteiger partial charge in [-0.15, -0.1) is 0 Å². The Morgan fingerprint density at radius 1 is 0.433 bits per heavy atom. The van der Waals surface area contributed by atoms with Crippen molar-refractivity contribution in [3.05, 3.63) is 0 Å². The predicted molar refractivity (Wildman–Crippen MR) is 122 cm³/mol. The van der Waals surface area contributed by atoms with Gasteiger partial charge in [-0.2, -0.15) is 0 Å². The van der Waals surface area contributed by atoms with Crippen molar-refractivity contribution in [2.75, 3.05) is 99.0 Å². The van der Waals surface area contributed by atoms with Crippen molar-refractivity contribution < 1.29 is 34.6 Å². The molecule has 8 heteroatoms. The molecule has 0 aliphatic heterocycles. The fourth-order valence-corrected chi connectivity index (χ4v) is 2.28. The van der Waals surface area contributed by atoms with Crippen molar-refractivity contribution in [2.45, 2.75) is 46.5 Å². The van der Waals surface area contributed by atoms with Gasteiger partial charge in [0.1, 0.15) is 0 Å². The summed E-state index contributed by atoms with van der Waals surface area (Å²) in [4.78, 5) is 0. The van der Waals surface area contributed by atoms with Gasteiger partial charge in [0.15, 0.2) is 0 Å². The van der Waals surface area contributed by atoms with Crippen molar-refractivity contribution in [1.82, 2.24) is 0 Å². The monoisotopic (exact) mass is 441 g/mol. The lowest BCUT2D eigenvalue weighted by Crippen LogP contribution is -2.14. The summed E-state index contributed by atoms with van der Waals surface area (Å²) < 4.78 is 38.0. The molecule has 2 N–H and O–H groups in total. The second-order valence-corrected chi connectivity index (χ2v) is 6.43. The molecule has 8 nitrogen and oxygen atoms in total. The molecule has 30 heavy (non-hydrogen) atoms. The van der Waals surface area contributed by atoms with E-state index in [9.17, 15) is 0 Å². The Labute approximate surface area is 186 Å². The van der Waals surface area contributed by atoms with E-state index in [-0.39, 0.29) is 8.85 Å². The van der Waals surface area contributed by atoms with Gasteiger partial charge in [-0.1, -0.05) is 7.43 Å². The van der Waals surface area contributed by atoms with Crippen molar-refractivity contribution in [3.63, 3.8) is 0 Å². The van der Waals surface area contributed by atoms with Crippen LogP contribution in [0.15, 0.2) is 0 Å². The third-order valence-electron chi connectivity index (χ3n) is 3.88. The smallest absolute Gasteiger partial charge is 0.0701 e. The number of hydrogen-bond donors (Lipinski definition) is 1. The van der Waals surface area contributed by atoms with Crippen LogP contribution in [0.2, 0.25) is 0 Å². The molecule has 0 bridgehead atoms. The summed E-state index contributed by atoms with van der Waals surface area (Å²) in [6.07, 6.45) is 5.34. The SMILES string of the molecule is C.CCOCCCCCOCCOCCOCCOCCOCCOCCCCN.[HH]. The summed E-state index contributed by atoms with van der Waals surface area (Å²) in [5.41, 5.74) is 5.41. The van der Waals surface area contributed by atoms with Gasteiger partial charge in [-0.05, 0) is 45.6 Å². The number of unbranched alkanes of at least 4 members (excludes halogenated alkanes) is 3. The molecule has 0 heterocycles. The molecule has 0 aliphatic carbocycles. The van der Waals surface area contributed by atoms with E-state index in [1.54, 1.807) is 0 Å². The highest BCUT2D eigenvalue weighted by atomic mass is 16.6. The van der Waals surface area contributed by atoms with Gasteiger partial charge in [-0.3, -0.25) is 0 Å². The zero-order valence-electron chi connectivity index (χ0n) is 18.6. The number of hydrogen-bond acceptors (Lipinski definition) is 8. The van der Waals surface area contributed by atoms with Crippen LogP contribution in [0.5, 0.6) is 0 Å². The molecule has 0 aromatic rings. The quantitative estimate of drug-likeness (QED) is 0.205. The van der Waals surface area contributed by atoms with Crippen molar-refractivity contribution in [2.24, 2.45) is 5.73 Å². The highest BCUT2D eigenvalue weighted by Crippen LogP contribution is 1.96. The Balaban J connectivity index is -0.00000392. The fourth-order valence-electron chi connectivity index (χ4n) is 2.28. The standard InChI is InChI=1S/C21H45NO7.CH4.H2/c1-2-23-9-5-3-6-10-24-12-14-26-16-18-28-20-21-29-19-17-27-15-13-25-11-7-4-8-22;;/h2-22H2,1H3;1H4;1H. The molecule has 0 radical (unpaired) electrons. The highest BCUT2D eigenvalue weighted by Gasteiger charge is 1.95. The Bertz CT molecular complexity index is 267. The summed E-state index contributed by atoms with van der Waals surface area (Å²) in [6.45, 7) is 11.8. The molecule has 0 aromatic carbocycles. The fraction of sp³-hybridized carbons (Fsp3) is 1.00. The van der Waals surface area contributed by atoms with Crippen LogP contribution in [0.4, 0.5) is 0 Å². The topological polar surface area (TPSA) is 90.6 Å². The normalized spacial score (nSPS) is 11.0. The number of ether oxygens (including phenoxy) is 7. The van der Waals surface area contributed by atoms with Crippen LogP contribution in [0.1, 0.15) is 47.9 Å². The minimum absolute atomic E-state index is 0. The largest absolute Gasteiger partial charge is 0.382 e. The summed E-state index contributed by atoms with van der Waals surface area (Å²) >= 11 is 0. The number of rotatable bonds is 26. The Morgan fingerprint density at radius 2 is 0.733 bits per heavy atom. The maximum Gasteiger partial charge on any atom is 0.0701 e. The van der Waals surface area contributed by atoms with E-state index in [0.29, 0.717) is 66.1 Å². The highest BCUT2D eigenvalue weighted by molar-refractivity contribution is 4.42. The first-order valence-corrected chi connectivity index (χ1v) is 11.2. The first-order valence-electron chi connectivity index (χ1n) is 11.2. The minimum atomic E-state index is 0. The molecule has 0 fully saturated rings. The van der Waals surface area contributed by atoms with Gasteiger partial charge in [0.05, 0.1) is 66.1 Å². The molecule has 0 unspecified atom stereocenters. The molecule has 0 saturated carbocycles. The van der Waals surface area contributed by atoms with E-state index in [4.69, 9.17) is 38.9 Å². The lowest BCUT2D eigenvalue weighted by Gasteiger charge is -2.08. The third kappa shape index (κ3) is 29.9. The van der Waals surface area contributed by atoms with Gasteiger partial charge < -0.3 is 38.9 Å². The van der Waals surface area contributed by atoms with Crippen LogP contribution < -0.4 is 5.73 Å². The van der Waals surface area contributed by atoms with Crippen LogP contribution in [0.25, 0.3) is 0 Å². The Morgan fingerprint density at radius 3 is 1.07 bits per heavy atom. The molecular weight excluding hydrogens is 390 g/mol. The van der Waals surface area contributed by atoms with E-state index >= 15 is 0 Å². The van der Waals surface area contributed by atoms with Crippen LogP contribution in [0, 0.1) is 0 Å². The first-order chi connectivity index (χ1) is 14.4. The lowest BCUT2D eigenvalue weighted by atomic mass is 10.2. The van der Waals surface area contributed by atoms with Crippen molar-refractivity contribution in [3.8, 4) is 0 Å². The predicted octanol–water partition coefficient (Wildman–Crippen LogP) is 2.91. The van der Waals surface area contributed by atoms with Gasteiger partial charge in [0.2, 0.25) is 0 Å². The molecule has 0 atom stereocenters. The average Bonchev–Trinajstić information content (AvgIpc) is 2.74. The first kappa shape index (κ1) is 31.9. The van der Waals surface area contributed by atoms with Gasteiger partial charge >= 0.3 is 0 Å². The van der Waals surface area contributed by atoms with E-state index in [1.807, 2.05) is 6.92 Å². The van der Waals surface area contributed by atoms with Crippen molar-refractivity contribution in [1.29, 1.82) is 0 Å². The van der Waals surface area contributed by atoms with E-state index in [1.165, 1.54) is 0 Å². The zero-order chi connectivity index (χ0) is 21.1. The van der Waals surface area contributed by atoms with Gasteiger partial charge in [0, 0.05) is 27.9 Å². The second-order valence-electron chi connectivity index (χ2n) is 6.43. The molecule has 0 amide bonds. The van der Waals surface area contributed by atoms with Crippen LogP contribution in [0.3, 0.4) is 0 Å². The van der Waals surface area contributed by atoms with Crippen LogP contribution >= 0.6 is 0 Å². The van der Waals surface area contributed by atoms with Crippen LogP contribution in [-0.2, 0) is 33.2 Å². The third-order valence-corrected chi connectivity index (χ3v) is 3.88. The molecule has 0 aliphatic rings. The van der Waals surface area contributed by atoms with Gasteiger partial charge in [0.25, 0.3) is 0 Å². The van der Waals surface area contributed by atoms with E-state index in [2.05, 4.69) is 0 Å². The Kier molecular flexibility index (Phi) is 32.8. The Hall–Kier alpha value is -0.320. The average molecular weight is 442 g/mol. The second kappa shape index (κ2) is 30.9. The van der Waals surface area contributed by atoms with E-state index < -0.39 is 0 Å². The maximum absolute atomic E-state index is 5.52. The van der Waals surface area contributed by atoms with Crippen molar-refractivity contribution >= 4 is 0 Å². The molecule has 186 valence electrons.